The first kappa shape index (κ1) is 25.5. The van der Waals surface area contributed by atoms with Crippen LogP contribution in [0.1, 0.15) is 42.5 Å². The fourth-order valence-corrected chi connectivity index (χ4v) is 3.76. The number of aliphatic imine (C=N–C) groups is 1. The predicted octanol–water partition coefficient (Wildman–Crippen LogP) is 3.30. The van der Waals surface area contributed by atoms with Gasteiger partial charge in [-0.2, -0.15) is 0 Å². The molecule has 172 valence electrons. The maximum atomic E-state index is 13.4. The van der Waals surface area contributed by atoms with Crippen molar-refractivity contribution in [2.24, 2.45) is 4.99 Å². The lowest BCUT2D eigenvalue weighted by Crippen LogP contribution is -2.46. The maximum Gasteiger partial charge on any atom is 0.191 e. The van der Waals surface area contributed by atoms with E-state index in [1.165, 1.54) is 12.1 Å². The van der Waals surface area contributed by atoms with Crippen LogP contribution >= 0.6 is 24.0 Å². The summed E-state index contributed by atoms with van der Waals surface area (Å²) in [6.45, 7) is 8.49. The highest BCUT2D eigenvalue weighted by molar-refractivity contribution is 14.0. The molecule has 0 spiro atoms. The summed E-state index contributed by atoms with van der Waals surface area (Å²) in [6, 6.07) is 6.83. The zero-order valence-corrected chi connectivity index (χ0v) is 20.8. The van der Waals surface area contributed by atoms with Crippen molar-refractivity contribution in [2.75, 3.05) is 39.9 Å². The van der Waals surface area contributed by atoms with E-state index in [1.807, 2.05) is 12.1 Å². The van der Waals surface area contributed by atoms with Crippen molar-refractivity contribution < 1.29 is 13.7 Å². The molecule has 1 aromatic heterocycles. The van der Waals surface area contributed by atoms with Crippen molar-refractivity contribution in [1.29, 1.82) is 0 Å². The Balaban J connectivity index is 0.00000341. The van der Waals surface area contributed by atoms with Gasteiger partial charge >= 0.3 is 0 Å². The van der Waals surface area contributed by atoms with Crippen LogP contribution in [-0.4, -0.2) is 55.9 Å². The van der Waals surface area contributed by atoms with Gasteiger partial charge in [0.05, 0.1) is 24.9 Å². The van der Waals surface area contributed by atoms with Gasteiger partial charge in [-0.1, -0.05) is 31.1 Å². The minimum atomic E-state index is -0.225. The van der Waals surface area contributed by atoms with Gasteiger partial charge in [0.15, 0.2) is 5.96 Å². The molecule has 1 fully saturated rings. The van der Waals surface area contributed by atoms with E-state index < -0.39 is 0 Å². The van der Waals surface area contributed by atoms with E-state index in [0.717, 1.165) is 48.5 Å². The largest absolute Gasteiger partial charge is 0.379 e. The predicted molar refractivity (Wildman–Crippen MR) is 130 cm³/mol. The third-order valence-electron chi connectivity index (χ3n) is 5.47. The molecule has 0 radical (unpaired) electrons. The van der Waals surface area contributed by atoms with Gasteiger partial charge in [0.25, 0.3) is 0 Å². The molecular weight excluding hydrogens is 512 g/mol. The van der Waals surface area contributed by atoms with Crippen molar-refractivity contribution in [3.63, 3.8) is 0 Å². The highest BCUT2D eigenvalue weighted by atomic mass is 127. The van der Waals surface area contributed by atoms with Gasteiger partial charge < -0.3 is 19.9 Å². The number of aromatic nitrogens is 1. The van der Waals surface area contributed by atoms with Gasteiger partial charge in [0.1, 0.15) is 11.6 Å². The number of hydrogen-bond acceptors (Lipinski definition) is 5. The summed E-state index contributed by atoms with van der Waals surface area (Å²) in [5, 5.41) is 11.0. The van der Waals surface area contributed by atoms with Crippen molar-refractivity contribution in [3.8, 4) is 0 Å². The van der Waals surface area contributed by atoms with Crippen molar-refractivity contribution in [1.82, 2.24) is 20.7 Å². The third-order valence-corrected chi connectivity index (χ3v) is 5.47. The molecule has 3 rings (SSSR count). The van der Waals surface area contributed by atoms with Crippen LogP contribution in [0.3, 0.4) is 0 Å². The van der Waals surface area contributed by atoms with Crippen molar-refractivity contribution in [2.45, 2.75) is 39.3 Å². The van der Waals surface area contributed by atoms with Gasteiger partial charge in [0, 0.05) is 45.2 Å². The van der Waals surface area contributed by atoms with Gasteiger partial charge in [0.2, 0.25) is 0 Å². The van der Waals surface area contributed by atoms with Crippen LogP contribution in [0.4, 0.5) is 4.39 Å². The Kier molecular flexibility index (Phi) is 10.7. The Hall–Kier alpha value is -1.72. The first-order chi connectivity index (χ1) is 14.7. The first-order valence-corrected chi connectivity index (χ1v) is 10.6. The molecule has 9 heteroatoms. The van der Waals surface area contributed by atoms with Crippen LogP contribution in [0.5, 0.6) is 0 Å². The van der Waals surface area contributed by atoms with Gasteiger partial charge in [-0.15, -0.1) is 24.0 Å². The smallest absolute Gasteiger partial charge is 0.191 e. The van der Waals surface area contributed by atoms with Crippen LogP contribution in [-0.2, 0) is 24.1 Å². The molecule has 0 aliphatic carbocycles. The number of nitrogens with one attached hydrogen (secondary N) is 2. The lowest BCUT2D eigenvalue weighted by Gasteiger charge is -2.35. The molecule has 2 N–H and O–H groups in total. The number of hydrogen-bond donors (Lipinski definition) is 2. The van der Waals surface area contributed by atoms with Gasteiger partial charge in [-0.25, -0.2) is 4.39 Å². The molecule has 1 saturated heterocycles. The highest BCUT2D eigenvalue weighted by Gasteiger charge is 2.23. The standard InChI is InChI=1S/C22H32FN5O2.HI/c1-4-19-18(21(5-2)30-27-19)14-25-22(24-3)26-15-20(28-10-12-29-13-11-28)16-6-8-17(23)9-7-16;/h6-9,20H,4-5,10-15H2,1-3H3,(H2,24,25,26);1H. The van der Waals surface area contributed by atoms with Gasteiger partial charge in [-0.3, -0.25) is 9.89 Å². The summed E-state index contributed by atoms with van der Waals surface area (Å²) in [5.74, 6) is 1.39. The van der Waals surface area contributed by atoms with Crippen LogP contribution < -0.4 is 10.6 Å². The zero-order valence-electron chi connectivity index (χ0n) is 18.5. The quantitative estimate of drug-likeness (QED) is 0.302. The SMILES string of the molecule is CCc1noc(CC)c1CNC(=NC)NCC(c1ccc(F)cc1)N1CCOCC1.I. The van der Waals surface area contributed by atoms with E-state index in [0.29, 0.717) is 32.3 Å². The molecule has 0 saturated carbocycles. The molecule has 0 bridgehead atoms. The Bertz CT molecular complexity index is 800. The molecule has 1 aliphatic heterocycles. The monoisotopic (exact) mass is 545 g/mol. The Morgan fingerprint density at radius 2 is 1.87 bits per heavy atom. The Morgan fingerprint density at radius 1 is 1.16 bits per heavy atom. The van der Waals surface area contributed by atoms with Crippen molar-refractivity contribution in [3.05, 3.63) is 52.7 Å². The fourth-order valence-electron chi connectivity index (χ4n) is 3.76. The molecule has 31 heavy (non-hydrogen) atoms. The summed E-state index contributed by atoms with van der Waals surface area (Å²) in [5.41, 5.74) is 3.15. The summed E-state index contributed by atoms with van der Waals surface area (Å²) >= 11 is 0. The summed E-state index contributed by atoms with van der Waals surface area (Å²) in [7, 11) is 1.76. The number of morpholine rings is 1. The molecule has 2 aromatic rings. The molecule has 0 amide bonds. The van der Waals surface area contributed by atoms with E-state index in [9.17, 15) is 4.39 Å². The van der Waals surface area contributed by atoms with E-state index in [1.54, 1.807) is 7.05 Å². The number of benzene rings is 1. The van der Waals surface area contributed by atoms with E-state index in [-0.39, 0.29) is 35.8 Å². The number of guanidine groups is 1. The number of halogens is 2. The minimum absolute atomic E-state index is 0. The summed E-state index contributed by atoms with van der Waals surface area (Å²) in [6.07, 6.45) is 1.63. The van der Waals surface area contributed by atoms with Crippen molar-refractivity contribution >= 4 is 29.9 Å². The molecule has 7 nitrogen and oxygen atoms in total. The normalized spacial score (nSPS) is 15.9. The molecule has 1 unspecified atom stereocenters. The number of aryl methyl sites for hydroxylation is 2. The number of nitrogens with zero attached hydrogens (tertiary/aromatic N) is 3. The van der Waals surface area contributed by atoms with Crippen LogP contribution in [0.2, 0.25) is 0 Å². The molecular formula is C22H33FIN5O2. The lowest BCUT2D eigenvalue weighted by molar-refractivity contribution is 0.0170. The second kappa shape index (κ2) is 13.0. The minimum Gasteiger partial charge on any atom is -0.379 e. The lowest BCUT2D eigenvalue weighted by atomic mass is 10.0. The van der Waals surface area contributed by atoms with Crippen LogP contribution in [0, 0.1) is 5.82 Å². The molecule has 1 aromatic carbocycles. The average Bonchev–Trinajstić information content (AvgIpc) is 3.19. The van der Waals surface area contributed by atoms with Crippen LogP contribution in [0.15, 0.2) is 33.8 Å². The highest BCUT2D eigenvalue weighted by Crippen LogP contribution is 2.22. The fraction of sp³-hybridized carbons (Fsp3) is 0.545. The van der Waals surface area contributed by atoms with E-state index in [2.05, 4.69) is 39.5 Å². The van der Waals surface area contributed by atoms with Crippen LogP contribution in [0.25, 0.3) is 0 Å². The summed E-state index contributed by atoms with van der Waals surface area (Å²) < 4.78 is 24.4. The summed E-state index contributed by atoms with van der Waals surface area (Å²) in [4.78, 5) is 6.73. The maximum absolute atomic E-state index is 13.4. The first-order valence-electron chi connectivity index (χ1n) is 10.6. The second-order valence-electron chi connectivity index (χ2n) is 7.26. The van der Waals surface area contributed by atoms with E-state index >= 15 is 0 Å². The van der Waals surface area contributed by atoms with Gasteiger partial charge in [-0.05, 0) is 24.1 Å². The third kappa shape index (κ3) is 6.88. The number of rotatable bonds is 8. The topological polar surface area (TPSA) is 74.9 Å². The molecule has 2 heterocycles. The Labute approximate surface area is 200 Å². The zero-order chi connectivity index (χ0) is 21.3. The van der Waals surface area contributed by atoms with E-state index in [4.69, 9.17) is 9.26 Å². The second-order valence-corrected chi connectivity index (χ2v) is 7.26. The molecule has 1 atom stereocenters. The Morgan fingerprint density at radius 3 is 2.48 bits per heavy atom. The molecule has 1 aliphatic rings. The number of ether oxygens (including phenoxy) is 1. The average molecular weight is 545 g/mol.